The molecule has 0 saturated carbocycles. The second-order valence-electron chi connectivity index (χ2n) is 6.86. The summed E-state index contributed by atoms with van der Waals surface area (Å²) in [4.78, 5) is 32.6. The predicted molar refractivity (Wildman–Crippen MR) is 99.9 cm³/mol. The summed E-state index contributed by atoms with van der Waals surface area (Å²) >= 11 is 1.58. The molecule has 2 aromatic carbocycles. The fraction of sp³-hybridized carbons (Fsp3) is 0.300. The first-order valence-corrected chi connectivity index (χ1v) is 9.43. The van der Waals surface area contributed by atoms with E-state index >= 15 is 0 Å². The highest BCUT2D eigenvalue weighted by atomic mass is 32.2. The quantitative estimate of drug-likeness (QED) is 0.777. The van der Waals surface area contributed by atoms with Crippen LogP contribution in [0.5, 0.6) is 0 Å². The van der Waals surface area contributed by atoms with Crippen LogP contribution in [0.15, 0.2) is 60.7 Å². The standard InChI is InChI=1S/C20H20N2O3S/c1-20(2)21(17(23)15-11-7-4-8-12-15)16-18(24)22(19(16)26-20)25-13-14-9-5-3-6-10-14/h3-12,16,19H,13H2,1-2H3/t16-,19-/m1/s1. The Morgan fingerprint density at radius 1 is 1.08 bits per heavy atom. The normalized spacial score (nSPS) is 23.5. The number of thioether (sulfide) groups is 1. The average Bonchev–Trinajstić information content (AvgIpc) is 2.90. The highest BCUT2D eigenvalue weighted by Gasteiger charge is 2.64. The molecule has 5 nitrogen and oxygen atoms in total. The molecular formula is C20H20N2O3S. The maximum atomic E-state index is 13.0. The molecule has 0 aliphatic carbocycles. The molecule has 2 atom stereocenters. The molecule has 2 aromatic rings. The molecule has 0 spiro atoms. The van der Waals surface area contributed by atoms with Gasteiger partial charge in [0.1, 0.15) is 18.0 Å². The molecule has 0 N–H and O–H groups in total. The third-order valence-corrected chi connectivity index (χ3v) is 6.16. The number of rotatable bonds is 4. The smallest absolute Gasteiger partial charge is 0.273 e. The van der Waals surface area contributed by atoms with Crippen LogP contribution in [0, 0.1) is 0 Å². The van der Waals surface area contributed by atoms with Crippen LogP contribution in [0.4, 0.5) is 0 Å². The van der Waals surface area contributed by atoms with Gasteiger partial charge in [-0.25, -0.2) is 5.06 Å². The van der Waals surface area contributed by atoms with Crippen LogP contribution in [0.3, 0.4) is 0 Å². The molecule has 0 bridgehead atoms. The Bertz CT molecular complexity index is 825. The number of nitrogens with zero attached hydrogens (tertiary/aromatic N) is 2. The number of β-lactam (4-membered cyclic amide) rings is 1. The lowest BCUT2D eigenvalue weighted by Gasteiger charge is -2.43. The summed E-state index contributed by atoms with van der Waals surface area (Å²) in [6.45, 7) is 4.28. The minimum atomic E-state index is -0.483. The fourth-order valence-corrected chi connectivity index (χ4v) is 4.94. The first-order chi connectivity index (χ1) is 12.5. The topological polar surface area (TPSA) is 49.9 Å². The van der Waals surface area contributed by atoms with Crippen molar-refractivity contribution in [3.8, 4) is 0 Å². The van der Waals surface area contributed by atoms with Crippen LogP contribution in [-0.4, -0.2) is 38.1 Å². The minimum absolute atomic E-state index is 0.119. The van der Waals surface area contributed by atoms with Crippen molar-refractivity contribution in [2.75, 3.05) is 0 Å². The lowest BCUT2D eigenvalue weighted by molar-refractivity contribution is -0.230. The van der Waals surface area contributed by atoms with E-state index in [0.717, 1.165) is 5.56 Å². The highest BCUT2D eigenvalue weighted by Crippen LogP contribution is 2.51. The summed E-state index contributed by atoms with van der Waals surface area (Å²) in [6, 6.07) is 18.4. The Morgan fingerprint density at radius 3 is 2.35 bits per heavy atom. The van der Waals surface area contributed by atoms with Gasteiger partial charge in [-0.2, -0.15) is 0 Å². The van der Waals surface area contributed by atoms with Crippen LogP contribution in [0.2, 0.25) is 0 Å². The second kappa shape index (κ2) is 6.45. The van der Waals surface area contributed by atoms with Crippen molar-refractivity contribution in [3.05, 3.63) is 71.8 Å². The van der Waals surface area contributed by atoms with Crippen molar-refractivity contribution in [1.82, 2.24) is 9.96 Å². The molecule has 0 aromatic heterocycles. The first-order valence-electron chi connectivity index (χ1n) is 8.55. The van der Waals surface area contributed by atoms with Gasteiger partial charge in [-0.05, 0) is 31.5 Å². The summed E-state index contributed by atoms with van der Waals surface area (Å²) in [5.74, 6) is -0.278. The zero-order chi connectivity index (χ0) is 18.3. The van der Waals surface area contributed by atoms with E-state index in [2.05, 4.69) is 0 Å². The Morgan fingerprint density at radius 2 is 1.69 bits per heavy atom. The summed E-state index contributed by atoms with van der Waals surface area (Å²) in [7, 11) is 0. The largest absolute Gasteiger partial charge is 0.309 e. The molecule has 2 saturated heterocycles. The Balaban J connectivity index is 1.50. The zero-order valence-electron chi connectivity index (χ0n) is 14.7. The molecule has 2 amide bonds. The van der Waals surface area contributed by atoms with Gasteiger partial charge >= 0.3 is 0 Å². The van der Waals surface area contributed by atoms with E-state index in [-0.39, 0.29) is 17.2 Å². The molecule has 2 heterocycles. The second-order valence-corrected chi connectivity index (χ2v) is 8.58. The summed E-state index contributed by atoms with van der Waals surface area (Å²) in [6.07, 6.45) is 0. The summed E-state index contributed by atoms with van der Waals surface area (Å²) in [5, 5.41) is 1.25. The van der Waals surface area contributed by atoms with Gasteiger partial charge in [0.05, 0.1) is 4.87 Å². The molecule has 134 valence electrons. The lowest BCUT2D eigenvalue weighted by Crippen LogP contribution is -2.67. The Labute approximate surface area is 156 Å². The van der Waals surface area contributed by atoms with Gasteiger partial charge in [0, 0.05) is 5.56 Å². The molecule has 2 aliphatic rings. The lowest BCUT2D eigenvalue weighted by atomic mass is 10.0. The Hall–Kier alpha value is -2.31. The molecule has 6 heteroatoms. The monoisotopic (exact) mass is 368 g/mol. The van der Waals surface area contributed by atoms with Crippen molar-refractivity contribution in [3.63, 3.8) is 0 Å². The average molecular weight is 368 g/mol. The SMILES string of the molecule is CC1(C)S[C@@H]2[C@@H](C(=O)N2OCc2ccccc2)N1C(=O)c1ccccc1. The number of amides is 2. The first kappa shape index (κ1) is 17.1. The Kier molecular flexibility index (Phi) is 4.25. The van der Waals surface area contributed by atoms with Gasteiger partial charge in [0.15, 0.2) is 0 Å². The van der Waals surface area contributed by atoms with Gasteiger partial charge < -0.3 is 4.90 Å². The highest BCUT2D eigenvalue weighted by molar-refractivity contribution is 8.01. The van der Waals surface area contributed by atoms with Crippen LogP contribution in [-0.2, 0) is 16.2 Å². The van der Waals surface area contributed by atoms with Crippen molar-refractivity contribution < 1.29 is 14.4 Å². The van der Waals surface area contributed by atoms with E-state index in [1.807, 2.05) is 62.4 Å². The van der Waals surface area contributed by atoms with Gasteiger partial charge in [-0.3, -0.25) is 14.4 Å². The van der Waals surface area contributed by atoms with Gasteiger partial charge in [0.25, 0.3) is 11.8 Å². The van der Waals surface area contributed by atoms with E-state index in [4.69, 9.17) is 4.84 Å². The number of carbonyl (C=O) groups excluding carboxylic acids is 2. The van der Waals surface area contributed by atoms with Crippen molar-refractivity contribution >= 4 is 23.6 Å². The van der Waals surface area contributed by atoms with Crippen LogP contribution in [0.1, 0.15) is 29.8 Å². The number of benzene rings is 2. The van der Waals surface area contributed by atoms with Crippen molar-refractivity contribution in [2.24, 2.45) is 0 Å². The molecule has 4 rings (SSSR count). The zero-order valence-corrected chi connectivity index (χ0v) is 15.5. The molecular weight excluding hydrogens is 348 g/mol. The third kappa shape index (κ3) is 2.79. The van der Waals surface area contributed by atoms with Crippen molar-refractivity contribution in [1.29, 1.82) is 0 Å². The molecule has 2 aliphatic heterocycles. The summed E-state index contributed by atoms with van der Waals surface area (Å²) in [5.41, 5.74) is 1.60. The van der Waals surface area contributed by atoms with Crippen LogP contribution >= 0.6 is 11.8 Å². The number of fused-ring (bicyclic) bond motifs is 1. The number of hydrogen-bond donors (Lipinski definition) is 0. The van der Waals surface area contributed by atoms with E-state index in [9.17, 15) is 9.59 Å². The van der Waals surface area contributed by atoms with Crippen LogP contribution in [0.25, 0.3) is 0 Å². The minimum Gasteiger partial charge on any atom is -0.309 e. The van der Waals surface area contributed by atoms with Gasteiger partial charge in [-0.1, -0.05) is 48.5 Å². The maximum Gasteiger partial charge on any atom is 0.273 e. The van der Waals surface area contributed by atoms with E-state index < -0.39 is 10.9 Å². The number of hydrogen-bond acceptors (Lipinski definition) is 4. The number of hydroxylamine groups is 2. The maximum absolute atomic E-state index is 13.0. The fourth-order valence-electron chi connectivity index (χ4n) is 3.41. The van der Waals surface area contributed by atoms with Gasteiger partial charge in [-0.15, -0.1) is 11.8 Å². The molecule has 26 heavy (non-hydrogen) atoms. The van der Waals surface area contributed by atoms with Crippen LogP contribution < -0.4 is 0 Å². The van der Waals surface area contributed by atoms with E-state index in [0.29, 0.717) is 12.2 Å². The van der Waals surface area contributed by atoms with E-state index in [1.54, 1.807) is 28.8 Å². The number of carbonyl (C=O) groups is 2. The molecule has 0 unspecified atom stereocenters. The molecule has 2 fully saturated rings. The van der Waals surface area contributed by atoms with Crippen molar-refractivity contribution in [2.45, 2.75) is 36.7 Å². The predicted octanol–water partition coefficient (Wildman–Crippen LogP) is 3.28. The van der Waals surface area contributed by atoms with E-state index in [1.165, 1.54) is 5.06 Å². The summed E-state index contributed by atoms with van der Waals surface area (Å²) < 4.78 is 0. The molecule has 0 radical (unpaired) electrons. The third-order valence-electron chi connectivity index (χ3n) is 4.69. The van der Waals surface area contributed by atoms with Gasteiger partial charge in [0.2, 0.25) is 0 Å².